The second-order valence-corrected chi connectivity index (χ2v) is 5.02. The first-order valence-electron chi connectivity index (χ1n) is 5.72. The monoisotopic (exact) mass is 256 g/mol. The molecular weight excluding hydrogens is 240 g/mol. The van der Waals surface area contributed by atoms with Gasteiger partial charge in [-0.05, 0) is 13.8 Å². The Morgan fingerprint density at radius 1 is 1.41 bits per heavy atom. The summed E-state index contributed by atoms with van der Waals surface area (Å²) in [5, 5.41) is 7.71. The molecule has 6 heteroatoms. The molecule has 94 valence electrons. The number of anilines is 1. The van der Waals surface area contributed by atoms with E-state index in [4.69, 9.17) is 11.6 Å². The van der Waals surface area contributed by atoms with Crippen LogP contribution in [0.3, 0.4) is 0 Å². The number of hydrogen-bond donors (Lipinski definition) is 1. The zero-order valence-corrected chi connectivity index (χ0v) is 11.0. The van der Waals surface area contributed by atoms with E-state index in [0.717, 1.165) is 18.8 Å². The van der Waals surface area contributed by atoms with Crippen LogP contribution in [0.25, 0.3) is 0 Å². The predicted octanol–water partition coefficient (Wildman–Crippen LogP) is 0.620. The fourth-order valence-corrected chi connectivity index (χ4v) is 2.54. The van der Waals surface area contributed by atoms with Crippen molar-refractivity contribution in [3.63, 3.8) is 0 Å². The molecule has 0 spiro atoms. The summed E-state index contributed by atoms with van der Waals surface area (Å²) >= 11 is 6.09. The Kier molecular flexibility index (Phi) is 3.40. The Labute approximate surface area is 105 Å². The van der Waals surface area contributed by atoms with Gasteiger partial charge in [0, 0.05) is 32.2 Å². The summed E-state index contributed by atoms with van der Waals surface area (Å²) in [5.41, 5.74) is 0.484. The van der Waals surface area contributed by atoms with E-state index in [1.165, 1.54) is 4.68 Å². The van der Waals surface area contributed by atoms with Crippen molar-refractivity contribution in [2.45, 2.75) is 25.9 Å². The normalized spacial score (nSPS) is 25.1. The molecule has 5 nitrogen and oxygen atoms in total. The Morgan fingerprint density at radius 2 is 2.00 bits per heavy atom. The third-order valence-corrected chi connectivity index (χ3v) is 3.31. The van der Waals surface area contributed by atoms with Crippen LogP contribution in [0.4, 0.5) is 5.69 Å². The minimum Gasteiger partial charge on any atom is -0.366 e. The minimum atomic E-state index is -0.247. The number of hydrogen-bond acceptors (Lipinski definition) is 4. The molecule has 1 aromatic heterocycles. The van der Waals surface area contributed by atoms with Gasteiger partial charge >= 0.3 is 0 Å². The molecule has 2 heterocycles. The van der Waals surface area contributed by atoms with Crippen LogP contribution in [0.2, 0.25) is 5.02 Å². The van der Waals surface area contributed by atoms with Crippen molar-refractivity contribution in [3.05, 3.63) is 21.6 Å². The van der Waals surface area contributed by atoms with Gasteiger partial charge in [0.1, 0.15) is 5.02 Å². The number of halogens is 1. The maximum atomic E-state index is 11.7. The number of nitrogens with zero attached hydrogens (tertiary/aromatic N) is 3. The average molecular weight is 257 g/mol. The maximum Gasteiger partial charge on any atom is 0.287 e. The summed E-state index contributed by atoms with van der Waals surface area (Å²) in [5.74, 6) is 0. The smallest absolute Gasteiger partial charge is 0.287 e. The summed E-state index contributed by atoms with van der Waals surface area (Å²) in [6.45, 7) is 5.90. The first-order valence-corrected chi connectivity index (χ1v) is 6.09. The number of aromatic nitrogens is 2. The molecule has 2 unspecified atom stereocenters. The van der Waals surface area contributed by atoms with Crippen molar-refractivity contribution in [3.8, 4) is 0 Å². The lowest BCUT2D eigenvalue weighted by Gasteiger charge is -2.37. The number of rotatable bonds is 1. The Balaban J connectivity index is 2.34. The summed E-state index contributed by atoms with van der Waals surface area (Å²) in [6.07, 6.45) is 1.66. The first kappa shape index (κ1) is 12.4. The summed E-state index contributed by atoms with van der Waals surface area (Å²) < 4.78 is 1.25. The molecule has 2 rings (SSSR count). The van der Waals surface area contributed by atoms with Gasteiger partial charge in [-0.15, -0.1) is 0 Å². The molecule has 0 amide bonds. The van der Waals surface area contributed by atoms with E-state index in [1.54, 1.807) is 13.2 Å². The summed E-state index contributed by atoms with van der Waals surface area (Å²) in [6, 6.07) is 0.748. The highest BCUT2D eigenvalue weighted by Gasteiger charge is 2.23. The zero-order valence-electron chi connectivity index (χ0n) is 10.3. The maximum absolute atomic E-state index is 11.7. The highest BCUT2D eigenvalue weighted by molar-refractivity contribution is 6.33. The molecule has 2 atom stereocenters. The van der Waals surface area contributed by atoms with E-state index >= 15 is 0 Å². The van der Waals surface area contributed by atoms with Crippen LogP contribution in [0.1, 0.15) is 13.8 Å². The SMILES string of the molecule is CC1CN(c2cnn(C)c(=O)c2Cl)CC(C)N1. The van der Waals surface area contributed by atoms with E-state index < -0.39 is 0 Å². The van der Waals surface area contributed by atoms with Gasteiger partial charge in [-0.1, -0.05) is 11.6 Å². The molecular formula is C11H17ClN4O. The average Bonchev–Trinajstić information content (AvgIpc) is 2.24. The van der Waals surface area contributed by atoms with Crippen LogP contribution in [0, 0.1) is 0 Å². The molecule has 1 aromatic rings. The summed E-state index contributed by atoms with van der Waals surface area (Å²) in [4.78, 5) is 13.8. The highest BCUT2D eigenvalue weighted by atomic mass is 35.5. The van der Waals surface area contributed by atoms with Crippen molar-refractivity contribution in [2.24, 2.45) is 7.05 Å². The van der Waals surface area contributed by atoms with E-state index in [9.17, 15) is 4.79 Å². The minimum absolute atomic E-state index is 0.247. The number of nitrogens with one attached hydrogen (secondary N) is 1. The van der Waals surface area contributed by atoms with E-state index in [2.05, 4.69) is 29.2 Å². The van der Waals surface area contributed by atoms with Crippen LogP contribution in [0.15, 0.2) is 11.0 Å². The zero-order chi connectivity index (χ0) is 12.6. The standard InChI is InChI=1S/C11H17ClN4O/c1-7-5-16(6-8(2)14-7)9-4-13-15(3)11(17)10(9)12/h4,7-8,14H,5-6H2,1-3H3. The van der Waals surface area contributed by atoms with E-state index in [1.807, 2.05) is 0 Å². The molecule has 1 aliphatic rings. The van der Waals surface area contributed by atoms with Crippen molar-refractivity contribution >= 4 is 17.3 Å². The van der Waals surface area contributed by atoms with Gasteiger partial charge < -0.3 is 10.2 Å². The van der Waals surface area contributed by atoms with E-state index in [0.29, 0.717) is 12.1 Å². The van der Waals surface area contributed by atoms with Gasteiger partial charge in [-0.2, -0.15) is 5.10 Å². The lowest BCUT2D eigenvalue weighted by atomic mass is 10.1. The fourth-order valence-electron chi connectivity index (χ4n) is 2.25. The van der Waals surface area contributed by atoms with Crippen LogP contribution >= 0.6 is 11.6 Å². The molecule has 1 fully saturated rings. The fraction of sp³-hybridized carbons (Fsp3) is 0.636. The van der Waals surface area contributed by atoms with Gasteiger partial charge in [-0.25, -0.2) is 4.68 Å². The van der Waals surface area contributed by atoms with Crippen LogP contribution in [0.5, 0.6) is 0 Å². The van der Waals surface area contributed by atoms with Gasteiger partial charge in [0.25, 0.3) is 5.56 Å². The highest BCUT2D eigenvalue weighted by Crippen LogP contribution is 2.22. The molecule has 1 aliphatic heterocycles. The number of aryl methyl sites for hydroxylation is 1. The second-order valence-electron chi connectivity index (χ2n) is 4.65. The Hall–Kier alpha value is -1.07. The van der Waals surface area contributed by atoms with E-state index in [-0.39, 0.29) is 10.6 Å². The largest absolute Gasteiger partial charge is 0.366 e. The van der Waals surface area contributed by atoms with Crippen molar-refractivity contribution < 1.29 is 0 Å². The summed E-state index contributed by atoms with van der Waals surface area (Å²) in [7, 11) is 1.60. The Bertz CT molecular complexity index is 463. The topological polar surface area (TPSA) is 50.2 Å². The molecule has 0 radical (unpaired) electrons. The molecule has 0 aromatic carbocycles. The molecule has 1 saturated heterocycles. The van der Waals surface area contributed by atoms with Crippen LogP contribution in [-0.4, -0.2) is 35.0 Å². The van der Waals surface area contributed by atoms with Crippen LogP contribution in [-0.2, 0) is 7.05 Å². The molecule has 0 bridgehead atoms. The molecule has 0 saturated carbocycles. The quantitative estimate of drug-likeness (QED) is 0.800. The van der Waals surface area contributed by atoms with Gasteiger partial charge in [0.05, 0.1) is 11.9 Å². The molecule has 0 aliphatic carbocycles. The Morgan fingerprint density at radius 3 is 2.59 bits per heavy atom. The predicted molar refractivity (Wildman–Crippen MR) is 68.8 cm³/mol. The number of piperazine rings is 1. The lowest BCUT2D eigenvalue weighted by molar-refractivity contribution is 0.406. The first-order chi connectivity index (χ1) is 7.99. The van der Waals surface area contributed by atoms with Gasteiger partial charge in [-0.3, -0.25) is 4.79 Å². The van der Waals surface area contributed by atoms with Crippen LogP contribution < -0.4 is 15.8 Å². The van der Waals surface area contributed by atoms with Crippen molar-refractivity contribution in [2.75, 3.05) is 18.0 Å². The van der Waals surface area contributed by atoms with Gasteiger partial charge in [0.2, 0.25) is 0 Å². The third kappa shape index (κ3) is 2.45. The second kappa shape index (κ2) is 4.66. The third-order valence-electron chi connectivity index (χ3n) is 2.96. The van der Waals surface area contributed by atoms with Gasteiger partial charge in [0.15, 0.2) is 0 Å². The van der Waals surface area contributed by atoms with Crippen molar-refractivity contribution in [1.29, 1.82) is 0 Å². The lowest BCUT2D eigenvalue weighted by Crippen LogP contribution is -2.54. The molecule has 17 heavy (non-hydrogen) atoms. The molecule has 1 N–H and O–H groups in total. The van der Waals surface area contributed by atoms with Crippen molar-refractivity contribution in [1.82, 2.24) is 15.1 Å².